The molecule has 2 nitrogen and oxygen atoms in total. The van der Waals surface area contributed by atoms with Gasteiger partial charge >= 0.3 is 0 Å². The molecule has 0 spiro atoms. The van der Waals surface area contributed by atoms with E-state index in [2.05, 4.69) is 23.1 Å². The molecule has 1 aromatic rings. The molecule has 2 N–H and O–H groups in total. The molecule has 1 aliphatic heterocycles. The van der Waals surface area contributed by atoms with Gasteiger partial charge < -0.3 is 10.6 Å². The van der Waals surface area contributed by atoms with Crippen molar-refractivity contribution in [1.29, 1.82) is 0 Å². The summed E-state index contributed by atoms with van der Waals surface area (Å²) in [5, 5.41) is 0. The maximum Gasteiger partial charge on any atom is 0.0297 e. The van der Waals surface area contributed by atoms with Crippen molar-refractivity contribution >= 4 is 0 Å². The van der Waals surface area contributed by atoms with Gasteiger partial charge in [0.1, 0.15) is 0 Å². The van der Waals surface area contributed by atoms with Gasteiger partial charge in [0, 0.05) is 12.6 Å². The summed E-state index contributed by atoms with van der Waals surface area (Å²) in [4.78, 5) is 2.62. The van der Waals surface area contributed by atoms with Crippen molar-refractivity contribution in [2.75, 3.05) is 19.6 Å². The summed E-state index contributed by atoms with van der Waals surface area (Å²) in [7, 11) is 0. The number of aryl methyl sites for hydroxylation is 1. The Morgan fingerprint density at radius 2 is 1.95 bits per heavy atom. The molecule has 2 heteroatoms. The Morgan fingerprint density at radius 3 is 2.79 bits per heavy atom. The Morgan fingerprint density at radius 1 is 1.11 bits per heavy atom. The lowest BCUT2D eigenvalue weighted by atomic mass is 9.87. The van der Waals surface area contributed by atoms with Crippen LogP contribution in [0.1, 0.15) is 54.8 Å². The standard InChI is InChI=1S/C17H26N2/c18-17-6-4-5-15-13-14(7-8-16(15)17)9-12-19-10-2-1-3-11-19/h7-8,13,17H,1-6,9-12,18H2. The summed E-state index contributed by atoms with van der Waals surface area (Å²) >= 11 is 0. The molecule has 1 unspecified atom stereocenters. The van der Waals surface area contributed by atoms with Crippen LogP contribution in [0.2, 0.25) is 0 Å². The topological polar surface area (TPSA) is 29.3 Å². The molecule has 0 aromatic heterocycles. The van der Waals surface area contributed by atoms with Crippen molar-refractivity contribution in [3.63, 3.8) is 0 Å². The fourth-order valence-corrected chi connectivity index (χ4v) is 3.53. The largest absolute Gasteiger partial charge is 0.324 e. The molecule has 1 aromatic carbocycles. The lowest BCUT2D eigenvalue weighted by Crippen LogP contribution is -2.31. The maximum absolute atomic E-state index is 6.18. The summed E-state index contributed by atoms with van der Waals surface area (Å²) in [6, 6.07) is 7.27. The predicted octanol–water partition coefficient (Wildman–Crippen LogP) is 3.05. The van der Waals surface area contributed by atoms with Crippen LogP contribution < -0.4 is 5.73 Å². The van der Waals surface area contributed by atoms with E-state index >= 15 is 0 Å². The lowest BCUT2D eigenvalue weighted by Gasteiger charge is -2.27. The van der Waals surface area contributed by atoms with Gasteiger partial charge in [-0.25, -0.2) is 0 Å². The Bertz CT molecular complexity index is 421. The van der Waals surface area contributed by atoms with Crippen LogP contribution in [-0.2, 0) is 12.8 Å². The van der Waals surface area contributed by atoms with Gasteiger partial charge in [0.2, 0.25) is 0 Å². The van der Waals surface area contributed by atoms with Crippen molar-refractivity contribution in [3.8, 4) is 0 Å². The number of hydrogen-bond donors (Lipinski definition) is 1. The Labute approximate surface area is 117 Å². The number of benzene rings is 1. The molecule has 1 atom stereocenters. The highest BCUT2D eigenvalue weighted by molar-refractivity contribution is 5.36. The second-order valence-electron chi connectivity index (χ2n) is 6.18. The second kappa shape index (κ2) is 6.06. The molecule has 1 aliphatic carbocycles. The van der Waals surface area contributed by atoms with Crippen LogP contribution in [0.15, 0.2) is 18.2 Å². The molecule has 1 fully saturated rings. The van der Waals surface area contributed by atoms with Gasteiger partial charge in [0.25, 0.3) is 0 Å². The minimum Gasteiger partial charge on any atom is -0.324 e. The molecule has 0 saturated carbocycles. The first-order valence-corrected chi connectivity index (χ1v) is 7.92. The summed E-state index contributed by atoms with van der Waals surface area (Å²) in [6.07, 6.45) is 9.03. The minimum atomic E-state index is 0.278. The first-order chi connectivity index (χ1) is 9.33. The SMILES string of the molecule is NC1CCCc2cc(CCN3CCCCC3)ccc21. The highest BCUT2D eigenvalue weighted by atomic mass is 15.1. The van der Waals surface area contributed by atoms with E-state index in [1.807, 2.05) is 0 Å². The predicted molar refractivity (Wildman–Crippen MR) is 80.3 cm³/mol. The Kier molecular flexibility index (Phi) is 4.19. The highest BCUT2D eigenvalue weighted by Gasteiger charge is 2.17. The zero-order valence-corrected chi connectivity index (χ0v) is 11.9. The second-order valence-corrected chi connectivity index (χ2v) is 6.18. The molecule has 0 radical (unpaired) electrons. The summed E-state index contributed by atoms with van der Waals surface area (Å²) in [5.74, 6) is 0. The van der Waals surface area contributed by atoms with Crippen molar-refractivity contribution < 1.29 is 0 Å². The van der Waals surface area contributed by atoms with E-state index in [4.69, 9.17) is 5.73 Å². The summed E-state index contributed by atoms with van der Waals surface area (Å²) in [6.45, 7) is 3.83. The number of piperidine rings is 1. The number of nitrogens with two attached hydrogens (primary N) is 1. The molecular formula is C17H26N2. The number of hydrogen-bond acceptors (Lipinski definition) is 2. The first kappa shape index (κ1) is 13.1. The van der Waals surface area contributed by atoms with Crippen LogP contribution in [0, 0.1) is 0 Å². The van der Waals surface area contributed by atoms with Crippen molar-refractivity contribution in [3.05, 3.63) is 34.9 Å². The smallest absolute Gasteiger partial charge is 0.0297 e. The number of nitrogens with zero attached hydrogens (tertiary/aromatic N) is 1. The molecular weight excluding hydrogens is 232 g/mol. The quantitative estimate of drug-likeness (QED) is 0.903. The molecule has 104 valence electrons. The average Bonchev–Trinajstić information content (AvgIpc) is 2.46. The third kappa shape index (κ3) is 3.18. The monoisotopic (exact) mass is 258 g/mol. The van der Waals surface area contributed by atoms with Gasteiger partial charge in [-0.05, 0) is 68.3 Å². The highest BCUT2D eigenvalue weighted by Crippen LogP contribution is 2.28. The van der Waals surface area contributed by atoms with Crippen molar-refractivity contribution in [2.45, 2.75) is 51.0 Å². The average molecular weight is 258 g/mol. The number of fused-ring (bicyclic) bond motifs is 1. The van der Waals surface area contributed by atoms with E-state index < -0.39 is 0 Å². The molecule has 19 heavy (non-hydrogen) atoms. The van der Waals surface area contributed by atoms with Crippen LogP contribution in [0.25, 0.3) is 0 Å². The first-order valence-electron chi connectivity index (χ1n) is 7.92. The van der Waals surface area contributed by atoms with Crippen LogP contribution in [0.4, 0.5) is 0 Å². The van der Waals surface area contributed by atoms with Gasteiger partial charge in [-0.1, -0.05) is 24.6 Å². The molecule has 1 saturated heterocycles. The van der Waals surface area contributed by atoms with Crippen LogP contribution in [0.5, 0.6) is 0 Å². The van der Waals surface area contributed by atoms with Gasteiger partial charge in [-0.3, -0.25) is 0 Å². The lowest BCUT2D eigenvalue weighted by molar-refractivity contribution is 0.231. The molecule has 0 bridgehead atoms. The van der Waals surface area contributed by atoms with Gasteiger partial charge in [-0.15, -0.1) is 0 Å². The zero-order chi connectivity index (χ0) is 13.1. The van der Waals surface area contributed by atoms with E-state index in [1.165, 1.54) is 74.8 Å². The van der Waals surface area contributed by atoms with Crippen LogP contribution >= 0.6 is 0 Å². The Hall–Kier alpha value is -0.860. The van der Waals surface area contributed by atoms with Crippen LogP contribution in [-0.4, -0.2) is 24.5 Å². The van der Waals surface area contributed by atoms with Gasteiger partial charge in [-0.2, -0.15) is 0 Å². The van der Waals surface area contributed by atoms with E-state index in [1.54, 1.807) is 0 Å². The number of rotatable bonds is 3. The molecule has 2 aliphatic rings. The molecule has 1 heterocycles. The maximum atomic E-state index is 6.18. The van der Waals surface area contributed by atoms with Crippen molar-refractivity contribution in [1.82, 2.24) is 4.90 Å². The fourth-order valence-electron chi connectivity index (χ4n) is 3.53. The summed E-state index contributed by atoms with van der Waals surface area (Å²) in [5.41, 5.74) is 10.6. The zero-order valence-electron chi connectivity index (χ0n) is 11.9. The Balaban J connectivity index is 1.62. The third-order valence-corrected chi connectivity index (χ3v) is 4.73. The number of likely N-dealkylation sites (tertiary alicyclic amines) is 1. The van der Waals surface area contributed by atoms with Gasteiger partial charge in [0.05, 0.1) is 0 Å². The van der Waals surface area contributed by atoms with E-state index in [0.717, 1.165) is 6.42 Å². The molecule has 0 amide bonds. The minimum absolute atomic E-state index is 0.278. The van der Waals surface area contributed by atoms with Crippen LogP contribution in [0.3, 0.4) is 0 Å². The normalized spacial score (nSPS) is 24.2. The fraction of sp³-hybridized carbons (Fsp3) is 0.647. The van der Waals surface area contributed by atoms with E-state index in [9.17, 15) is 0 Å². The van der Waals surface area contributed by atoms with Crippen molar-refractivity contribution in [2.24, 2.45) is 5.73 Å². The molecule has 3 rings (SSSR count). The summed E-state index contributed by atoms with van der Waals surface area (Å²) < 4.78 is 0. The van der Waals surface area contributed by atoms with E-state index in [0.29, 0.717) is 0 Å². The van der Waals surface area contributed by atoms with Gasteiger partial charge in [0.15, 0.2) is 0 Å². The third-order valence-electron chi connectivity index (χ3n) is 4.73. The van der Waals surface area contributed by atoms with E-state index in [-0.39, 0.29) is 6.04 Å².